The first kappa shape index (κ1) is 12.4. The fraction of sp³-hybridized carbons (Fsp3) is 0.750. The number of piperidine rings is 1. The maximum atomic E-state index is 13.1. The fourth-order valence-electron chi connectivity index (χ4n) is 1.34. The zero-order chi connectivity index (χ0) is 11.6. The molecule has 86 valence electrons. The van der Waals surface area contributed by atoms with Crippen LogP contribution in [-0.4, -0.2) is 41.7 Å². The molecule has 0 amide bonds. The largest absolute Gasteiger partial charge is 0.465 e. The van der Waals surface area contributed by atoms with E-state index in [0.29, 0.717) is 0 Å². The average Bonchev–Trinajstić information content (AvgIpc) is 2.10. The Balaban J connectivity index is 2.80. The summed E-state index contributed by atoms with van der Waals surface area (Å²) in [4.78, 5) is 22.4. The smallest absolute Gasteiger partial charge is 0.319 e. The topological polar surface area (TPSA) is 46.6 Å². The van der Waals surface area contributed by atoms with Crippen molar-refractivity contribution >= 4 is 24.6 Å². The Bertz CT molecular complexity index is 285. The first-order valence-electron chi connectivity index (χ1n) is 4.41. The molecule has 0 N–H and O–H groups in total. The van der Waals surface area contributed by atoms with Crippen molar-refractivity contribution in [3.05, 3.63) is 0 Å². The lowest BCUT2D eigenvalue weighted by Gasteiger charge is -2.31. The van der Waals surface area contributed by atoms with Gasteiger partial charge >= 0.3 is 11.9 Å². The van der Waals surface area contributed by atoms with Crippen LogP contribution in [0.15, 0.2) is 0 Å². The number of hydrogen-bond acceptors (Lipinski definition) is 5. The molecule has 0 radical (unpaired) electrons. The van der Waals surface area contributed by atoms with Crippen LogP contribution in [0.4, 0.5) is 8.78 Å². The van der Waals surface area contributed by atoms with Crippen LogP contribution in [0.5, 0.6) is 0 Å². The van der Waals surface area contributed by atoms with Crippen molar-refractivity contribution in [2.24, 2.45) is 5.92 Å². The summed E-state index contributed by atoms with van der Waals surface area (Å²) in [5.41, 5.74) is 0. The highest BCUT2D eigenvalue weighted by atomic mass is 32.1. The highest BCUT2D eigenvalue weighted by Gasteiger charge is 2.51. The Morgan fingerprint density at radius 3 is 2.87 bits per heavy atom. The van der Waals surface area contributed by atoms with Crippen LogP contribution in [0.25, 0.3) is 0 Å². The Hall–Kier alpha value is -0.690. The van der Waals surface area contributed by atoms with Gasteiger partial charge in [0.25, 0.3) is 0 Å². The van der Waals surface area contributed by atoms with E-state index >= 15 is 0 Å². The third kappa shape index (κ3) is 2.66. The minimum absolute atomic E-state index is 0.0563. The number of thiol groups is 1. The molecule has 0 aromatic rings. The molecule has 0 aromatic carbocycles. The van der Waals surface area contributed by atoms with Gasteiger partial charge in [-0.2, -0.15) is 8.78 Å². The predicted octanol–water partition coefficient (Wildman–Crippen LogP) is 0.530. The SMILES string of the molecule is CCOC(=O)C1CN(S)CC(F)(F)C1=O. The Kier molecular flexibility index (Phi) is 3.67. The molecule has 1 aliphatic rings. The highest BCUT2D eigenvalue weighted by molar-refractivity contribution is 7.77. The van der Waals surface area contributed by atoms with Gasteiger partial charge in [0.1, 0.15) is 5.92 Å². The van der Waals surface area contributed by atoms with Gasteiger partial charge < -0.3 is 4.74 Å². The van der Waals surface area contributed by atoms with Crippen LogP contribution in [0.3, 0.4) is 0 Å². The van der Waals surface area contributed by atoms with Crippen LogP contribution in [-0.2, 0) is 14.3 Å². The number of hydrogen-bond donors (Lipinski definition) is 1. The van der Waals surface area contributed by atoms with E-state index in [1.54, 1.807) is 6.92 Å². The van der Waals surface area contributed by atoms with E-state index in [2.05, 4.69) is 17.6 Å². The highest BCUT2D eigenvalue weighted by Crippen LogP contribution is 2.28. The molecule has 1 fully saturated rings. The molecule has 0 aromatic heterocycles. The fourth-order valence-corrected chi connectivity index (χ4v) is 1.69. The summed E-state index contributed by atoms with van der Waals surface area (Å²) >= 11 is 3.73. The van der Waals surface area contributed by atoms with E-state index in [1.165, 1.54) is 0 Å². The molecule has 4 nitrogen and oxygen atoms in total. The molecule has 1 rings (SSSR count). The van der Waals surface area contributed by atoms with Gasteiger partial charge in [0, 0.05) is 6.54 Å². The van der Waals surface area contributed by atoms with Crippen molar-refractivity contribution in [1.82, 2.24) is 4.31 Å². The quantitative estimate of drug-likeness (QED) is 0.434. The number of carbonyl (C=O) groups excluding carboxylic acids is 2. The molecule has 1 saturated heterocycles. The van der Waals surface area contributed by atoms with Gasteiger partial charge in [0.05, 0.1) is 13.2 Å². The third-order valence-electron chi connectivity index (χ3n) is 2.02. The summed E-state index contributed by atoms with van der Waals surface area (Å²) < 4.78 is 31.6. The van der Waals surface area contributed by atoms with Gasteiger partial charge in [-0.25, -0.2) is 4.31 Å². The molecule has 0 saturated carbocycles. The van der Waals surface area contributed by atoms with Gasteiger partial charge in [-0.15, -0.1) is 0 Å². The molecule has 0 spiro atoms. The number of Topliss-reactive ketones (excluding diaryl/α,β-unsaturated/α-hetero) is 1. The number of esters is 1. The number of halogens is 2. The van der Waals surface area contributed by atoms with Gasteiger partial charge in [-0.1, -0.05) is 12.8 Å². The molecule has 1 unspecified atom stereocenters. The lowest BCUT2D eigenvalue weighted by molar-refractivity contribution is -0.166. The van der Waals surface area contributed by atoms with E-state index in [1.807, 2.05) is 0 Å². The monoisotopic (exact) mass is 239 g/mol. The predicted molar refractivity (Wildman–Crippen MR) is 50.6 cm³/mol. The van der Waals surface area contributed by atoms with E-state index in [4.69, 9.17) is 0 Å². The molecular weight excluding hydrogens is 228 g/mol. The molecule has 1 aliphatic heterocycles. The molecule has 0 bridgehead atoms. The van der Waals surface area contributed by atoms with Crippen LogP contribution in [0, 0.1) is 5.92 Å². The minimum atomic E-state index is -3.53. The van der Waals surface area contributed by atoms with Crippen molar-refractivity contribution in [1.29, 1.82) is 0 Å². The Labute approximate surface area is 91.1 Å². The third-order valence-corrected chi connectivity index (χ3v) is 2.33. The molecular formula is C8H11F2NO3S. The lowest BCUT2D eigenvalue weighted by atomic mass is 9.95. The molecule has 1 atom stereocenters. The Morgan fingerprint density at radius 1 is 1.73 bits per heavy atom. The molecule has 15 heavy (non-hydrogen) atoms. The van der Waals surface area contributed by atoms with Gasteiger partial charge in [-0.3, -0.25) is 9.59 Å². The average molecular weight is 239 g/mol. The second-order valence-electron chi connectivity index (χ2n) is 3.22. The second kappa shape index (κ2) is 4.44. The maximum absolute atomic E-state index is 13.1. The Morgan fingerprint density at radius 2 is 2.33 bits per heavy atom. The number of carbonyl (C=O) groups is 2. The zero-order valence-corrected chi connectivity index (χ0v) is 8.97. The van der Waals surface area contributed by atoms with Crippen LogP contribution in [0.2, 0.25) is 0 Å². The van der Waals surface area contributed by atoms with E-state index < -0.39 is 30.1 Å². The molecule has 0 aliphatic carbocycles. The second-order valence-corrected chi connectivity index (χ2v) is 3.79. The first-order chi connectivity index (χ1) is 6.88. The normalized spacial score (nSPS) is 26.4. The molecule has 7 heteroatoms. The van der Waals surface area contributed by atoms with Crippen molar-refractivity contribution in [3.63, 3.8) is 0 Å². The van der Waals surface area contributed by atoms with Crippen LogP contribution in [0.1, 0.15) is 6.92 Å². The van der Waals surface area contributed by atoms with E-state index in [9.17, 15) is 18.4 Å². The zero-order valence-electron chi connectivity index (χ0n) is 8.07. The summed E-state index contributed by atoms with van der Waals surface area (Å²) in [6.07, 6.45) is 0. The van der Waals surface area contributed by atoms with Crippen LogP contribution < -0.4 is 0 Å². The first-order valence-corrected chi connectivity index (χ1v) is 4.81. The molecule has 1 heterocycles. The van der Waals surface area contributed by atoms with Gasteiger partial charge in [0.2, 0.25) is 5.78 Å². The number of nitrogens with zero attached hydrogens (tertiary/aromatic N) is 1. The number of rotatable bonds is 2. The van der Waals surface area contributed by atoms with Crippen molar-refractivity contribution < 1.29 is 23.1 Å². The van der Waals surface area contributed by atoms with Gasteiger partial charge in [0.15, 0.2) is 0 Å². The maximum Gasteiger partial charge on any atom is 0.319 e. The van der Waals surface area contributed by atoms with Crippen molar-refractivity contribution in [3.8, 4) is 0 Å². The summed E-state index contributed by atoms with van der Waals surface area (Å²) in [7, 11) is 0. The minimum Gasteiger partial charge on any atom is -0.465 e. The van der Waals surface area contributed by atoms with Crippen molar-refractivity contribution in [2.45, 2.75) is 12.8 Å². The number of alkyl halides is 2. The summed E-state index contributed by atoms with van der Waals surface area (Å²) in [6, 6.07) is 0. The summed E-state index contributed by atoms with van der Waals surface area (Å²) in [5, 5.41) is 0. The van der Waals surface area contributed by atoms with E-state index in [0.717, 1.165) is 4.31 Å². The van der Waals surface area contributed by atoms with Gasteiger partial charge in [-0.05, 0) is 6.92 Å². The van der Waals surface area contributed by atoms with Crippen LogP contribution >= 0.6 is 12.8 Å². The van der Waals surface area contributed by atoms with E-state index in [-0.39, 0.29) is 13.2 Å². The number of ether oxygens (including phenoxy) is 1. The number of ketones is 1. The van der Waals surface area contributed by atoms with Crippen molar-refractivity contribution in [2.75, 3.05) is 19.7 Å². The lowest BCUT2D eigenvalue weighted by Crippen LogP contribution is -2.53. The summed E-state index contributed by atoms with van der Waals surface area (Å²) in [6.45, 7) is 0.684. The summed E-state index contributed by atoms with van der Waals surface area (Å²) in [5.74, 6) is -7.27. The standard InChI is InChI=1S/C8H11F2NO3S/c1-2-14-7(13)5-3-11(15)4-8(9,10)6(5)12/h5,15H,2-4H2,1H3.